The molecule has 0 unspecified atom stereocenters. The fraction of sp³-hybridized carbons (Fsp3) is 0.474. The maximum absolute atomic E-state index is 12.8. The van der Waals surface area contributed by atoms with Crippen LogP contribution in [-0.2, 0) is 12.0 Å². The van der Waals surface area contributed by atoms with E-state index in [1.54, 1.807) is 11.3 Å². The number of nitrogens with one attached hydrogen (secondary N) is 1. The SMILES string of the molecule is Cc1nc(CC(C)C)sc1C(=O)NC1(c2ccccc2)CCC1. The van der Waals surface area contributed by atoms with Gasteiger partial charge in [0.05, 0.1) is 16.2 Å². The molecule has 3 nitrogen and oxygen atoms in total. The van der Waals surface area contributed by atoms with Crippen molar-refractivity contribution in [1.29, 1.82) is 0 Å². The van der Waals surface area contributed by atoms with Crippen molar-refractivity contribution in [3.8, 4) is 0 Å². The molecule has 0 saturated heterocycles. The van der Waals surface area contributed by atoms with Crippen LogP contribution in [0.5, 0.6) is 0 Å². The fourth-order valence-corrected chi connectivity index (χ4v) is 4.32. The highest BCUT2D eigenvalue weighted by atomic mass is 32.1. The summed E-state index contributed by atoms with van der Waals surface area (Å²) in [7, 11) is 0. The molecule has 3 rings (SSSR count). The number of benzene rings is 1. The summed E-state index contributed by atoms with van der Waals surface area (Å²) in [5.74, 6) is 0.581. The predicted octanol–water partition coefficient (Wildman–Crippen LogP) is 4.46. The summed E-state index contributed by atoms with van der Waals surface area (Å²) in [6.07, 6.45) is 4.12. The van der Waals surface area contributed by atoms with Crippen molar-refractivity contribution in [2.24, 2.45) is 5.92 Å². The number of nitrogens with zero attached hydrogens (tertiary/aromatic N) is 1. The van der Waals surface area contributed by atoms with E-state index in [1.807, 2.05) is 25.1 Å². The molecule has 1 amide bonds. The molecule has 1 aliphatic rings. The molecule has 1 aliphatic carbocycles. The Morgan fingerprint density at radius 1 is 1.30 bits per heavy atom. The van der Waals surface area contributed by atoms with Crippen molar-refractivity contribution in [3.63, 3.8) is 0 Å². The van der Waals surface area contributed by atoms with Crippen molar-refractivity contribution in [2.45, 2.75) is 52.0 Å². The van der Waals surface area contributed by atoms with Crippen LogP contribution in [0.15, 0.2) is 30.3 Å². The van der Waals surface area contributed by atoms with Gasteiger partial charge in [0.2, 0.25) is 0 Å². The largest absolute Gasteiger partial charge is 0.342 e. The van der Waals surface area contributed by atoms with Crippen molar-refractivity contribution in [3.05, 3.63) is 51.5 Å². The number of hydrogen-bond acceptors (Lipinski definition) is 3. The standard InChI is InChI=1S/C19H24N2OS/c1-13(2)12-16-20-14(3)17(23-16)18(22)21-19(10-7-11-19)15-8-5-4-6-9-15/h4-6,8-9,13H,7,10-12H2,1-3H3,(H,21,22). The first-order valence-corrected chi connectivity index (χ1v) is 9.16. The molecule has 1 heterocycles. The zero-order valence-corrected chi connectivity index (χ0v) is 14.9. The quantitative estimate of drug-likeness (QED) is 0.880. The topological polar surface area (TPSA) is 42.0 Å². The lowest BCUT2D eigenvalue weighted by Gasteiger charge is -2.43. The molecule has 1 aromatic heterocycles. The maximum Gasteiger partial charge on any atom is 0.263 e. The van der Waals surface area contributed by atoms with Crippen LogP contribution in [-0.4, -0.2) is 10.9 Å². The highest BCUT2D eigenvalue weighted by molar-refractivity contribution is 7.13. The van der Waals surface area contributed by atoms with Gasteiger partial charge in [-0.05, 0) is 37.7 Å². The molecule has 122 valence electrons. The van der Waals surface area contributed by atoms with Gasteiger partial charge in [-0.25, -0.2) is 4.98 Å². The second-order valence-corrected chi connectivity index (χ2v) is 7.96. The zero-order chi connectivity index (χ0) is 16.4. The third kappa shape index (κ3) is 3.32. The van der Waals surface area contributed by atoms with E-state index in [2.05, 4.69) is 36.3 Å². The minimum absolute atomic E-state index is 0.0264. The average Bonchev–Trinajstić information content (AvgIpc) is 2.83. The Labute approximate surface area is 142 Å². The summed E-state index contributed by atoms with van der Waals surface area (Å²) in [6.45, 7) is 6.29. The van der Waals surface area contributed by atoms with E-state index in [1.165, 1.54) is 5.56 Å². The summed E-state index contributed by atoms with van der Waals surface area (Å²) in [4.78, 5) is 18.1. The van der Waals surface area contributed by atoms with Crippen molar-refractivity contribution >= 4 is 17.2 Å². The Balaban J connectivity index is 1.80. The van der Waals surface area contributed by atoms with Crippen LogP contribution in [0.25, 0.3) is 0 Å². The smallest absolute Gasteiger partial charge is 0.263 e. The summed E-state index contributed by atoms with van der Waals surface area (Å²) >= 11 is 1.54. The van der Waals surface area contributed by atoms with Crippen LogP contribution in [0.4, 0.5) is 0 Å². The minimum Gasteiger partial charge on any atom is -0.342 e. The predicted molar refractivity (Wildman–Crippen MR) is 94.8 cm³/mol. The second-order valence-electron chi connectivity index (χ2n) is 6.88. The van der Waals surface area contributed by atoms with Gasteiger partial charge in [0.1, 0.15) is 4.88 Å². The Bertz CT molecular complexity index is 687. The lowest BCUT2D eigenvalue weighted by Crippen LogP contribution is -2.50. The Morgan fingerprint density at radius 3 is 2.57 bits per heavy atom. The molecule has 0 atom stereocenters. The molecule has 2 aromatic rings. The number of aryl methyl sites for hydroxylation is 1. The molecule has 1 aromatic carbocycles. The minimum atomic E-state index is -0.188. The third-order valence-corrected chi connectivity index (χ3v) is 5.69. The number of rotatable bonds is 5. The number of aromatic nitrogens is 1. The Morgan fingerprint density at radius 2 is 2.00 bits per heavy atom. The number of hydrogen-bond donors (Lipinski definition) is 1. The van der Waals surface area contributed by atoms with E-state index in [-0.39, 0.29) is 11.4 Å². The Kier molecular flexibility index (Phi) is 4.53. The van der Waals surface area contributed by atoms with E-state index in [9.17, 15) is 4.79 Å². The molecule has 23 heavy (non-hydrogen) atoms. The number of thiazole rings is 1. The summed E-state index contributed by atoms with van der Waals surface area (Å²) in [5, 5.41) is 4.36. The van der Waals surface area contributed by atoms with Gasteiger partial charge in [-0.1, -0.05) is 44.2 Å². The zero-order valence-electron chi connectivity index (χ0n) is 14.1. The highest BCUT2D eigenvalue weighted by Gasteiger charge is 2.40. The molecule has 0 radical (unpaired) electrons. The lowest BCUT2D eigenvalue weighted by atomic mass is 9.72. The van der Waals surface area contributed by atoms with E-state index in [4.69, 9.17) is 0 Å². The van der Waals surface area contributed by atoms with Gasteiger partial charge in [-0.15, -0.1) is 11.3 Å². The van der Waals surface area contributed by atoms with Crippen LogP contribution in [0.2, 0.25) is 0 Å². The van der Waals surface area contributed by atoms with Crippen molar-refractivity contribution < 1.29 is 4.79 Å². The summed E-state index contributed by atoms with van der Waals surface area (Å²) in [6, 6.07) is 10.3. The highest BCUT2D eigenvalue weighted by Crippen LogP contribution is 2.41. The summed E-state index contributed by atoms with van der Waals surface area (Å²) in [5.41, 5.74) is 1.88. The van der Waals surface area contributed by atoms with E-state index in [0.29, 0.717) is 5.92 Å². The summed E-state index contributed by atoms with van der Waals surface area (Å²) < 4.78 is 0. The molecule has 4 heteroatoms. The monoisotopic (exact) mass is 328 g/mol. The van der Waals surface area contributed by atoms with Gasteiger partial charge in [0.25, 0.3) is 5.91 Å². The van der Waals surface area contributed by atoms with E-state index < -0.39 is 0 Å². The number of carbonyl (C=O) groups is 1. The fourth-order valence-electron chi connectivity index (χ4n) is 3.15. The van der Waals surface area contributed by atoms with Gasteiger partial charge in [0.15, 0.2) is 0 Å². The maximum atomic E-state index is 12.8. The van der Waals surface area contributed by atoms with Crippen LogP contribution in [0.1, 0.15) is 59.0 Å². The molecular weight excluding hydrogens is 304 g/mol. The molecule has 0 spiro atoms. The van der Waals surface area contributed by atoms with Gasteiger partial charge >= 0.3 is 0 Å². The van der Waals surface area contributed by atoms with Crippen LogP contribution < -0.4 is 5.32 Å². The number of amides is 1. The van der Waals surface area contributed by atoms with E-state index in [0.717, 1.165) is 41.3 Å². The van der Waals surface area contributed by atoms with Crippen molar-refractivity contribution in [2.75, 3.05) is 0 Å². The third-order valence-electron chi connectivity index (χ3n) is 4.52. The molecular formula is C19H24N2OS. The lowest BCUT2D eigenvalue weighted by molar-refractivity contribution is 0.0827. The van der Waals surface area contributed by atoms with Crippen LogP contribution in [0, 0.1) is 12.8 Å². The van der Waals surface area contributed by atoms with Gasteiger partial charge in [-0.2, -0.15) is 0 Å². The van der Waals surface area contributed by atoms with Gasteiger partial charge in [-0.3, -0.25) is 4.79 Å². The number of carbonyl (C=O) groups excluding carboxylic acids is 1. The molecule has 0 bridgehead atoms. The van der Waals surface area contributed by atoms with Gasteiger partial charge in [0, 0.05) is 6.42 Å². The second kappa shape index (κ2) is 6.44. The molecule has 1 N–H and O–H groups in total. The van der Waals surface area contributed by atoms with Gasteiger partial charge < -0.3 is 5.32 Å². The molecule has 1 fully saturated rings. The van der Waals surface area contributed by atoms with Crippen LogP contribution in [0.3, 0.4) is 0 Å². The first kappa shape index (κ1) is 16.2. The van der Waals surface area contributed by atoms with E-state index >= 15 is 0 Å². The normalized spacial score (nSPS) is 16.2. The molecule has 1 saturated carbocycles. The Hall–Kier alpha value is -1.68. The van der Waals surface area contributed by atoms with Crippen LogP contribution >= 0.6 is 11.3 Å². The first-order chi connectivity index (χ1) is 11.0. The first-order valence-electron chi connectivity index (χ1n) is 8.34. The average molecular weight is 328 g/mol. The van der Waals surface area contributed by atoms with Crippen molar-refractivity contribution in [1.82, 2.24) is 10.3 Å². The molecule has 0 aliphatic heterocycles.